The average Bonchev–Trinajstić information content (AvgIpc) is 2.72. The average molecular weight is 377 g/mol. The summed E-state index contributed by atoms with van der Waals surface area (Å²) in [6, 6.07) is 20.1. The first kappa shape index (κ1) is 19.6. The van der Waals surface area contributed by atoms with Crippen LogP contribution in [-0.2, 0) is 6.54 Å². The number of para-hydroxylation sites is 1. The highest BCUT2D eigenvalue weighted by Gasteiger charge is 2.08. The lowest BCUT2D eigenvalue weighted by atomic mass is 10.1. The predicted octanol–water partition coefficient (Wildman–Crippen LogP) is 3.74. The number of likely N-dealkylation sites (N-methyl/N-ethyl adjacent to an activating group) is 1. The molecule has 3 aromatic rings. The van der Waals surface area contributed by atoms with E-state index >= 15 is 0 Å². The first-order chi connectivity index (χ1) is 13.7. The van der Waals surface area contributed by atoms with Crippen molar-refractivity contribution in [3.05, 3.63) is 66.2 Å². The van der Waals surface area contributed by atoms with Gasteiger partial charge in [0.1, 0.15) is 11.6 Å². The molecule has 6 nitrogen and oxygen atoms in total. The van der Waals surface area contributed by atoms with Crippen LogP contribution in [0.4, 0.5) is 11.8 Å². The Labute approximate surface area is 166 Å². The maximum Gasteiger partial charge on any atom is 0.225 e. The molecule has 0 radical (unpaired) electrons. The lowest BCUT2D eigenvalue weighted by Gasteiger charge is -2.14. The van der Waals surface area contributed by atoms with Crippen LogP contribution >= 0.6 is 0 Å². The highest BCUT2D eigenvalue weighted by atomic mass is 16.5. The summed E-state index contributed by atoms with van der Waals surface area (Å²) < 4.78 is 5.44. The van der Waals surface area contributed by atoms with Crippen molar-refractivity contribution in [1.29, 1.82) is 0 Å². The van der Waals surface area contributed by atoms with E-state index in [2.05, 4.69) is 37.6 Å². The zero-order valence-corrected chi connectivity index (χ0v) is 16.6. The fourth-order valence-corrected chi connectivity index (χ4v) is 2.80. The minimum Gasteiger partial charge on any atom is -0.496 e. The van der Waals surface area contributed by atoms with E-state index in [0.29, 0.717) is 12.5 Å². The quantitative estimate of drug-likeness (QED) is 0.592. The van der Waals surface area contributed by atoms with Crippen molar-refractivity contribution in [2.45, 2.75) is 6.54 Å². The molecule has 28 heavy (non-hydrogen) atoms. The lowest BCUT2D eigenvalue weighted by Crippen LogP contribution is -2.21. The topological polar surface area (TPSA) is 62.3 Å². The number of nitrogens with one attached hydrogen (secondary N) is 2. The van der Waals surface area contributed by atoms with Crippen LogP contribution in [0.5, 0.6) is 5.75 Å². The molecule has 146 valence electrons. The van der Waals surface area contributed by atoms with Crippen LogP contribution in [0.25, 0.3) is 11.3 Å². The van der Waals surface area contributed by atoms with Gasteiger partial charge in [0.05, 0.1) is 12.8 Å². The summed E-state index contributed by atoms with van der Waals surface area (Å²) in [7, 11) is 5.77. The van der Waals surface area contributed by atoms with E-state index in [4.69, 9.17) is 4.74 Å². The molecule has 0 unspecified atom stereocenters. The van der Waals surface area contributed by atoms with Crippen LogP contribution in [-0.4, -0.2) is 49.2 Å². The van der Waals surface area contributed by atoms with Crippen LogP contribution in [0.15, 0.2) is 60.7 Å². The van der Waals surface area contributed by atoms with Gasteiger partial charge in [0.25, 0.3) is 0 Å². The Morgan fingerprint density at radius 3 is 2.43 bits per heavy atom. The molecule has 1 aromatic heterocycles. The molecular weight excluding hydrogens is 350 g/mol. The number of aromatic nitrogens is 2. The van der Waals surface area contributed by atoms with Crippen LogP contribution in [0.2, 0.25) is 0 Å². The summed E-state index contributed by atoms with van der Waals surface area (Å²) in [4.78, 5) is 11.4. The molecule has 3 rings (SSSR count). The van der Waals surface area contributed by atoms with Gasteiger partial charge in [-0.15, -0.1) is 0 Å². The minimum absolute atomic E-state index is 0.616. The SMILES string of the molecule is COc1ccccc1CNc1cc(-c2ccccc2)nc(NCCN(C)C)n1. The molecule has 0 spiro atoms. The standard InChI is InChI=1S/C22H27N5O/c1-27(2)14-13-23-22-25-19(17-9-5-4-6-10-17)15-21(26-22)24-16-18-11-7-8-12-20(18)28-3/h4-12,15H,13-14,16H2,1-3H3,(H2,23,24,25,26). The lowest BCUT2D eigenvalue weighted by molar-refractivity contribution is 0.410. The molecule has 0 saturated heterocycles. The smallest absolute Gasteiger partial charge is 0.225 e. The van der Waals surface area contributed by atoms with Crippen molar-refractivity contribution in [1.82, 2.24) is 14.9 Å². The van der Waals surface area contributed by atoms with Gasteiger partial charge in [-0.2, -0.15) is 4.98 Å². The summed E-state index contributed by atoms with van der Waals surface area (Å²) in [5.74, 6) is 2.24. The molecule has 0 bridgehead atoms. The van der Waals surface area contributed by atoms with E-state index in [1.165, 1.54) is 0 Å². The second-order valence-corrected chi connectivity index (χ2v) is 6.72. The number of nitrogens with zero attached hydrogens (tertiary/aromatic N) is 3. The van der Waals surface area contributed by atoms with Gasteiger partial charge in [-0.05, 0) is 20.2 Å². The summed E-state index contributed by atoms with van der Waals surface area (Å²) in [6.07, 6.45) is 0. The van der Waals surface area contributed by atoms with Gasteiger partial charge in [-0.25, -0.2) is 4.98 Å². The van der Waals surface area contributed by atoms with E-state index in [9.17, 15) is 0 Å². The highest BCUT2D eigenvalue weighted by Crippen LogP contribution is 2.23. The van der Waals surface area contributed by atoms with Crippen molar-refractivity contribution in [3.8, 4) is 17.0 Å². The fraction of sp³-hybridized carbons (Fsp3) is 0.273. The third-order valence-electron chi connectivity index (χ3n) is 4.29. The molecular formula is C22H27N5O. The third-order valence-corrected chi connectivity index (χ3v) is 4.29. The van der Waals surface area contributed by atoms with Crippen molar-refractivity contribution >= 4 is 11.8 Å². The highest BCUT2D eigenvalue weighted by molar-refractivity contribution is 5.64. The van der Waals surface area contributed by atoms with Crippen LogP contribution < -0.4 is 15.4 Å². The van der Waals surface area contributed by atoms with Crippen LogP contribution in [0.3, 0.4) is 0 Å². The van der Waals surface area contributed by atoms with E-state index in [-0.39, 0.29) is 0 Å². The normalized spacial score (nSPS) is 10.7. The molecule has 0 fully saturated rings. The van der Waals surface area contributed by atoms with Gasteiger partial charge < -0.3 is 20.3 Å². The number of rotatable bonds is 9. The minimum atomic E-state index is 0.616. The van der Waals surface area contributed by atoms with E-state index < -0.39 is 0 Å². The first-order valence-corrected chi connectivity index (χ1v) is 9.34. The van der Waals surface area contributed by atoms with Gasteiger partial charge in [-0.3, -0.25) is 0 Å². The van der Waals surface area contributed by atoms with Crippen molar-refractivity contribution in [3.63, 3.8) is 0 Å². The van der Waals surface area contributed by atoms with Gasteiger partial charge in [0.15, 0.2) is 0 Å². The molecule has 0 aliphatic heterocycles. The second-order valence-electron chi connectivity index (χ2n) is 6.72. The Hall–Kier alpha value is -3.12. The Morgan fingerprint density at radius 1 is 0.929 bits per heavy atom. The summed E-state index contributed by atoms with van der Waals surface area (Å²) in [5.41, 5.74) is 3.01. The molecule has 0 amide bonds. The number of hydrogen-bond acceptors (Lipinski definition) is 6. The number of hydrogen-bond donors (Lipinski definition) is 2. The molecule has 0 aliphatic rings. The number of benzene rings is 2. The van der Waals surface area contributed by atoms with Crippen molar-refractivity contribution in [2.75, 3.05) is 44.9 Å². The predicted molar refractivity (Wildman–Crippen MR) is 115 cm³/mol. The Balaban J connectivity index is 1.82. The molecule has 2 aromatic carbocycles. The Bertz CT molecular complexity index is 883. The van der Waals surface area contributed by atoms with Crippen LogP contribution in [0.1, 0.15) is 5.56 Å². The van der Waals surface area contributed by atoms with E-state index in [1.54, 1.807) is 7.11 Å². The number of methoxy groups -OCH3 is 1. The van der Waals surface area contributed by atoms with Gasteiger partial charge in [-0.1, -0.05) is 48.5 Å². The van der Waals surface area contributed by atoms with Gasteiger partial charge in [0.2, 0.25) is 5.95 Å². The Kier molecular flexibility index (Phi) is 6.81. The maximum atomic E-state index is 5.44. The monoisotopic (exact) mass is 377 g/mol. The van der Waals surface area contributed by atoms with E-state index in [1.807, 2.05) is 62.6 Å². The second kappa shape index (κ2) is 9.71. The Morgan fingerprint density at radius 2 is 1.68 bits per heavy atom. The zero-order chi connectivity index (χ0) is 19.8. The van der Waals surface area contributed by atoms with Crippen LogP contribution in [0, 0.1) is 0 Å². The molecule has 1 heterocycles. The largest absolute Gasteiger partial charge is 0.496 e. The summed E-state index contributed by atoms with van der Waals surface area (Å²) in [5, 5.41) is 6.72. The molecule has 6 heteroatoms. The number of ether oxygens (including phenoxy) is 1. The van der Waals surface area contributed by atoms with Gasteiger partial charge >= 0.3 is 0 Å². The summed E-state index contributed by atoms with van der Waals surface area (Å²) >= 11 is 0. The number of anilines is 2. The molecule has 0 saturated carbocycles. The van der Waals surface area contributed by atoms with Gasteiger partial charge in [0, 0.05) is 36.8 Å². The molecule has 0 atom stereocenters. The van der Waals surface area contributed by atoms with E-state index in [0.717, 1.165) is 41.5 Å². The molecule has 0 aliphatic carbocycles. The van der Waals surface area contributed by atoms with Crippen molar-refractivity contribution in [2.24, 2.45) is 0 Å². The molecule has 2 N–H and O–H groups in total. The maximum absolute atomic E-state index is 5.44. The fourth-order valence-electron chi connectivity index (χ4n) is 2.80. The summed E-state index contributed by atoms with van der Waals surface area (Å²) in [6.45, 7) is 2.30. The zero-order valence-electron chi connectivity index (χ0n) is 16.6. The first-order valence-electron chi connectivity index (χ1n) is 9.34. The van der Waals surface area contributed by atoms with Crippen molar-refractivity contribution < 1.29 is 4.74 Å². The third kappa shape index (κ3) is 5.44.